The standard InChI is InChI=1S/C17H23N5O/c1-11-9-12(2)22-16(19-11)15(10-18-22)17(23)20-13-5-7-21(8-6-13)14-3-4-14/h9-10,13-14H,3-8H2,1-2H3,(H,20,23). The molecule has 6 heteroatoms. The van der Waals surface area contributed by atoms with Gasteiger partial charge in [-0.05, 0) is 45.6 Å². The maximum Gasteiger partial charge on any atom is 0.256 e. The lowest BCUT2D eigenvalue weighted by Crippen LogP contribution is -2.45. The van der Waals surface area contributed by atoms with Crippen molar-refractivity contribution >= 4 is 11.6 Å². The van der Waals surface area contributed by atoms with E-state index in [1.807, 2.05) is 19.9 Å². The van der Waals surface area contributed by atoms with Crippen molar-refractivity contribution in [3.63, 3.8) is 0 Å². The van der Waals surface area contributed by atoms with E-state index in [1.54, 1.807) is 10.7 Å². The number of likely N-dealkylation sites (tertiary alicyclic amines) is 1. The summed E-state index contributed by atoms with van der Waals surface area (Å²) >= 11 is 0. The fourth-order valence-electron chi connectivity index (χ4n) is 3.54. The Morgan fingerprint density at radius 3 is 2.65 bits per heavy atom. The summed E-state index contributed by atoms with van der Waals surface area (Å²) in [5, 5.41) is 7.48. The highest BCUT2D eigenvalue weighted by Gasteiger charge is 2.32. The Kier molecular flexibility index (Phi) is 3.56. The largest absolute Gasteiger partial charge is 0.349 e. The van der Waals surface area contributed by atoms with Crippen molar-refractivity contribution in [3.8, 4) is 0 Å². The van der Waals surface area contributed by atoms with Crippen molar-refractivity contribution < 1.29 is 4.79 Å². The van der Waals surface area contributed by atoms with Gasteiger partial charge in [0.2, 0.25) is 0 Å². The number of aryl methyl sites for hydroxylation is 2. The average Bonchev–Trinajstić information content (AvgIpc) is 3.27. The second kappa shape index (κ2) is 5.60. The van der Waals surface area contributed by atoms with Gasteiger partial charge in [-0.3, -0.25) is 4.79 Å². The molecule has 0 atom stereocenters. The zero-order valence-corrected chi connectivity index (χ0v) is 13.7. The van der Waals surface area contributed by atoms with Crippen molar-refractivity contribution in [2.45, 2.75) is 51.6 Å². The second-order valence-corrected chi connectivity index (χ2v) is 6.85. The summed E-state index contributed by atoms with van der Waals surface area (Å²) in [5.74, 6) is -0.0534. The molecule has 122 valence electrons. The van der Waals surface area contributed by atoms with Crippen molar-refractivity contribution in [2.75, 3.05) is 13.1 Å². The summed E-state index contributed by atoms with van der Waals surface area (Å²) in [6.45, 7) is 6.11. The number of nitrogens with zero attached hydrogens (tertiary/aromatic N) is 4. The predicted octanol–water partition coefficient (Wildman–Crippen LogP) is 1.70. The van der Waals surface area contributed by atoms with E-state index in [9.17, 15) is 4.79 Å². The van der Waals surface area contributed by atoms with Crippen LogP contribution >= 0.6 is 0 Å². The number of rotatable bonds is 3. The molecule has 0 aromatic carbocycles. The van der Waals surface area contributed by atoms with Crippen LogP contribution in [0.1, 0.15) is 47.4 Å². The lowest BCUT2D eigenvalue weighted by Gasteiger charge is -2.32. The monoisotopic (exact) mass is 313 g/mol. The smallest absolute Gasteiger partial charge is 0.256 e. The number of amides is 1. The number of fused-ring (bicyclic) bond motifs is 1. The molecule has 1 saturated heterocycles. The lowest BCUT2D eigenvalue weighted by molar-refractivity contribution is 0.0910. The quantitative estimate of drug-likeness (QED) is 0.937. The van der Waals surface area contributed by atoms with Crippen LogP contribution in [0.15, 0.2) is 12.3 Å². The van der Waals surface area contributed by atoms with Crippen molar-refractivity contribution in [2.24, 2.45) is 0 Å². The van der Waals surface area contributed by atoms with Gasteiger partial charge in [-0.2, -0.15) is 5.10 Å². The van der Waals surface area contributed by atoms with E-state index >= 15 is 0 Å². The molecule has 1 saturated carbocycles. The van der Waals surface area contributed by atoms with Crippen LogP contribution in [0.2, 0.25) is 0 Å². The normalized spacial score (nSPS) is 20.1. The number of carbonyl (C=O) groups excluding carboxylic acids is 1. The first-order chi connectivity index (χ1) is 11.1. The van der Waals surface area contributed by atoms with Crippen molar-refractivity contribution in [1.82, 2.24) is 24.8 Å². The molecule has 2 fully saturated rings. The van der Waals surface area contributed by atoms with Gasteiger partial charge in [0.1, 0.15) is 5.56 Å². The number of nitrogens with one attached hydrogen (secondary N) is 1. The number of carbonyl (C=O) groups is 1. The maximum atomic E-state index is 12.6. The molecule has 2 aliphatic rings. The highest BCUT2D eigenvalue weighted by Crippen LogP contribution is 2.29. The van der Waals surface area contributed by atoms with E-state index in [0.29, 0.717) is 11.2 Å². The van der Waals surface area contributed by atoms with Gasteiger partial charge in [0.15, 0.2) is 5.65 Å². The molecule has 2 aromatic rings. The van der Waals surface area contributed by atoms with Crippen LogP contribution in [-0.4, -0.2) is 50.6 Å². The molecule has 0 radical (unpaired) electrons. The van der Waals surface area contributed by atoms with Crippen LogP contribution in [-0.2, 0) is 0 Å². The van der Waals surface area contributed by atoms with E-state index in [1.165, 1.54) is 12.8 Å². The molecule has 0 unspecified atom stereocenters. The first-order valence-corrected chi connectivity index (χ1v) is 8.49. The van der Waals surface area contributed by atoms with Crippen LogP contribution in [0.3, 0.4) is 0 Å². The van der Waals surface area contributed by atoms with Crippen molar-refractivity contribution in [1.29, 1.82) is 0 Å². The van der Waals surface area contributed by atoms with Gasteiger partial charge in [0, 0.05) is 36.6 Å². The first-order valence-electron chi connectivity index (χ1n) is 8.49. The van der Waals surface area contributed by atoms with Crippen LogP contribution in [0, 0.1) is 13.8 Å². The van der Waals surface area contributed by atoms with Crippen LogP contribution < -0.4 is 5.32 Å². The molecule has 0 spiro atoms. The van der Waals surface area contributed by atoms with E-state index in [0.717, 1.165) is 43.4 Å². The van der Waals surface area contributed by atoms with E-state index in [4.69, 9.17) is 0 Å². The fraction of sp³-hybridized carbons (Fsp3) is 0.588. The van der Waals surface area contributed by atoms with E-state index < -0.39 is 0 Å². The highest BCUT2D eigenvalue weighted by atomic mass is 16.1. The zero-order valence-electron chi connectivity index (χ0n) is 13.7. The topological polar surface area (TPSA) is 62.5 Å². The van der Waals surface area contributed by atoms with E-state index in [2.05, 4.69) is 20.3 Å². The minimum atomic E-state index is -0.0534. The van der Waals surface area contributed by atoms with Crippen LogP contribution in [0.25, 0.3) is 5.65 Å². The molecule has 1 amide bonds. The first kappa shape index (κ1) is 14.6. The molecular weight excluding hydrogens is 290 g/mol. The Labute approximate surface area is 135 Å². The van der Waals surface area contributed by atoms with Gasteiger partial charge < -0.3 is 10.2 Å². The van der Waals surface area contributed by atoms with Gasteiger partial charge in [-0.15, -0.1) is 0 Å². The molecule has 4 rings (SSSR count). The fourth-order valence-corrected chi connectivity index (χ4v) is 3.54. The van der Waals surface area contributed by atoms with E-state index in [-0.39, 0.29) is 11.9 Å². The van der Waals surface area contributed by atoms with Gasteiger partial charge in [0.25, 0.3) is 5.91 Å². The lowest BCUT2D eigenvalue weighted by atomic mass is 10.0. The number of piperidine rings is 1. The maximum absolute atomic E-state index is 12.6. The molecule has 1 N–H and O–H groups in total. The summed E-state index contributed by atoms with van der Waals surface area (Å²) in [6, 6.07) is 3.05. The summed E-state index contributed by atoms with van der Waals surface area (Å²) in [4.78, 5) is 19.7. The number of hydrogen-bond donors (Lipinski definition) is 1. The third-order valence-corrected chi connectivity index (χ3v) is 4.95. The van der Waals surface area contributed by atoms with Gasteiger partial charge >= 0.3 is 0 Å². The third-order valence-electron chi connectivity index (χ3n) is 4.95. The molecule has 6 nitrogen and oxygen atoms in total. The Hall–Kier alpha value is -1.95. The van der Waals surface area contributed by atoms with Crippen molar-refractivity contribution in [3.05, 3.63) is 29.2 Å². The SMILES string of the molecule is Cc1cc(C)n2ncc(C(=O)NC3CCN(C4CC4)CC3)c2n1. The molecule has 3 heterocycles. The molecule has 23 heavy (non-hydrogen) atoms. The zero-order chi connectivity index (χ0) is 16.0. The second-order valence-electron chi connectivity index (χ2n) is 6.85. The molecular formula is C17H23N5O. The molecule has 2 aromatic heterocycles. The summed E-state index contributed by atoms with van der Waals surface area (Å²) in [6.07, 6.45) is 6.40. The summed E-state index contributed by atoms with van der Waals surface area (Å²) in [5.41, 5.74) is 3.11. The molecule has 0 bridgehead atoms. The Balaban J connectivity index is 1.47. The van der Waals surface area contributed by atoms with Gasteiger partial charge in [0.05, 0.1) is 6.20 Å². The minimum absolute atomic E-state index is 0.0534. The van der Waals surface area contributed by atoms with Crippen LogP contribution in [0.4, 0.5) is 0 Å². The minimum Gasteiger partial charge on any atom is -0.349 e. The third kappa shape index (κ3) is 2.83. The number of hydrogen-bond acceptors (Lipinski definition) is 4. The van der Waals surface area contributed by atoms with Gasteiger partial charge in [-0.1, -0.05) is 0 Å². The molecule has 1 aliphatic carbocycles. The number of aromatic nitrogens is 3. The molecule has 1 aliphatic heterocycles. The van der Waals surface area contributed by atoms with Gasteiger partial charge in [-0.25, -0.2) is 9.50 Å². The highest BCUT2D eigenvalue weighted by molar-refractivity contribution is 5.99. The van der Waals surface area contributed by atoms with Crippen LogP contribution in [0.5, 0.6) is 0 Å². The Bertz CT molecular complexity index is 741. The Morgan fingerprint density at radius 2 is 1.96 bits per heavy atom. The average molecular weight is 313 g/mol. The predicted molar refractivity (Wildman–Crippen MR) is 87.5 cm³/mol. The summed E-state index contributed by atoms with van der Waals surface area (Å²) < 4.78 is 1.73. The Morgan fingerprint density at radius 1 is 1.22 bits per heavy atom. The summed E-state index contributed by atoms with van der Waals surface area (Å²) in [7, 11) is 0.